The van der Waals surface area contributed by atoms with Crippen molar-refractivity contribution in [2.75, 3.05) is 37.8 Å². The van der Waals surface area contributed by atoms with Crippen molar-refractivity contribution in [3.8, 4) is 11.3 Å². The Morgan fingerprint density at radius 1 is 1.11 bits per heavy atom. The number of anilines is 3. The summed E-state index contributed by atoms with van der Waals surface area (Å²) < 4.78 is 0. The zero-order chi connectivity index (χ0) is 20.1. The van der Waals surface area contributed by atoms with E-state index in [4.69, 9.17) is 11.6 Å². The molecule has 0 fully saturated rings. The fourth-order valence-corrected chi connectivity index (χ4v) is 2.94. The van der Waals surface area contributed by atoms with Crippen LogP contribution in [0.2, 0.25) is 5.02 Å². The first-order chi connectivity index (χ1) is 13.4. The van der Waals surface area contributed by atoms with Crippen LogP contribution in [0.4, 0.5) is 17.5 Å². The molecule has 3 rings (SSSR count). The van der Waals surface area contributed by atoms with Gasteiger partial charge in [0.15, 0.2) is 0 Å². The Kier molecular flexibility index (Phi) is 6.44. The van der Waals surface area contributed by atoms with Gasteiger partial charge in [-0.3, -0.25) is 4.98 Å². The minimum absolute atomic E-state index is 0.572. The minimum atomic E-state index is 0.572. The summed E-state index contributed by atoms with van der Waals surface area (Å²) in [6.07, 6.45) is 3.55. The number of halogens is 1. The van der Waals surface area contributed by atoms with E-state index < -0.39 is 0 Å². The molecule has 2 heterocycles. The molecule has 6 nitrogen and oxygen atoms in total. The van der Waals surface area contributed by atoms with Gasteiger partial charge in [0.2, 0.25) is 5.95 Å². The molecule has 146 valence electrons. The summed E-state index contributed by atoms with van der Waals surface area (Å²) in [5.74, 6) is 1.28. The second kappa shape index (κ2) is 8.99. The maximum absolute atomic E-state index is 6.31. The van der Waals surface area contributed by atoms with Crippen molar-refractivity contribution in [3.05, 3.63) is 58.9 Å². The van der Waals surface area contributed by atoms with Crippen LogP contribution in [0.1, 0.15) is 11.1 Å². The van der Waals surface area contributed by atoms with Crippen LogP contribution < -0.4 is 10.6 Å². The Morgan fingerprint density at radius 3 is 2.64 bits per heavy atom. The van der Waals surface area contributed by atoms with Crippen molar-refractivity contribution in [2.45, 2.75) is 13.8 Å². The van der Waals surface area contributed by atoms with Crippen LogP contribution in [-0.4, -0.2) is 47.0 Å². The summed E-state index contributed by atoms with van der Waals surface area (Å²) in [5, 5.41) is 7.45. The normalized spacial score (nSPS) is 10.9. The van der Waals surface area contributed by atoms with Gasteiger partial charge in [-0.25, -0.2) is 4.98 Å². The Bertz CT molecular complexity index is 943. The quantitative estimate of drug-likeness (QED) is 0.611. The third-order valence-electron chi connectivity index (χ3n) is 4.39. The number of nitrogens with one attached hydrogen (secondary N) is 2. The number of pyridine rings is 1. The van der Waals surface area contributed by atoms with Gasteiger partial charge in [0, 0.05) is 47.8 Å². The van der Waals surface area contributed by atoms with Gasteiger partial charge >= 0.3 is 0 Å². The first-order valence-electron chi connectivity index (χ1n) is 9.15. The topological polar surface area (TPSA) is 66.0 Å². The lowest BCUT2D eigenvalue weighted by atomic mass is 10.1. The van der Waals surface area contributed by atoms with Crippen molar-refractivity contribution in [1.82, 2.24) is 19.9 Å². The minimum Gasteiger partial charge on any atom is -0.353 e. The highest BCUT2D eigenvalue weighted by atomic mass is 35.5. The van der Waals surface area contributed by atoms with Gasteiger partial charge in [0.25, 0.3) is 0 Å². The number of hydrogen-bond donors (Lipinski definition) is 2. The van der Waals surface area contributed by atoms with Gasteiger partial charge in [0.1, 0.15) is 5.82 Å². The number of likely N-dealkylation sites (N-methyl/N-ethyl adjacent to an activating group) is 1. The lowest BCUT2D eigenvalue weighted by molar-refractivity contribution is 0.425. The first kappa shape index (κ1) is 20.0. The monoisotopic (exact) mass is 396 g/mol. The molecule has 0 aliphatic rings. The van der Waals surface area contributed by atoms with Gasteiger partial charge in [-0.1, -0.05) is 17.7 Å². The van der Waals surface area contributed by atoms with E-state index in [0.29, 0.717) is 11.8 Å². The molecule has 0 spiro atoms. The van der Waals surface area contributed by atoms with E-state index in [2.05, 4.69) is 30.5 Å². The van der Waals surface area contributed by atoms with Crippen molar-refractivity contribution >= 4 is 29.1 Å². The molecule has 1 aromatic carbocycles. The number of hydrogen-bond acceptors (Lipinski definition) is 6. The summed E-state index contributed by atoms with van der Waals surface area (Å²) in [4.78, 5) is 15.6. The highest BCUT2D eigenvalue weighted by molar-refractivity contribution is 6.31. The molecular formula is C21H25ClN6. The van der Waals surface area contributed by atoms with E-state index in [-0.39, 0.29) is 0 Å². The van der Waals surface area contributed by atoms with Gasteiger partial charge in [-0.2, -0.15) is 4.98 Å². The number of rotatable bonds is 7. The Morgan fingerprint density at radius 2 is 1.93 bits per heavy atom. The molecule has 0 amide bonds. The smallest absolute Gasteiger partial charge is 0.225 e. The van der Waals surface area contributed by atoms with Crippen LogP contribution in [0, 0.1) is 13.8 Å². The average Bonchev–Trinajstić information content (AvgIpc) is 2.68. The van der Waals surface area contributed by atoms with Crippen LogP contribution in [0.25, 0.3) is 11.3 Å². The molecule has 28 heavy (non-hydrogen) atoms. The van der Waals surface area contributed by atoms with Crippen molar-refractivity contribution in [2.24, 2.45) is 0 Å². The largest absolute Gasteiger partial charge is 0.353 e. The summed E-state index contributed by atoms with van der Waals surface area (Å²) in [6, 6.07) is 9.71. The fraction of sp³-hybridized carbons (Fsp3) is 0.286. The average molecular weight is 397 g/mol. The summed E-state index contributed by atoms with van der Waals surface area (Å²) in [6.45, 7) is 5.68. The van der Waals surface area contributed by atoms with E-state index in [1.54, 1.807) is 12.4 Å². The maximum Gasteiger partial charge on any atom is 0.225 e. The molecule has 0 aliphatic carbocycles. The Labute approximate surface area is 171 Å². The van der Waals surface area contributed by atoms with Gasteiger partial charge < -0.3 is 15.5 Å². The second-order valence-corrected chi connectivity index (χ2v) is 7.33. The zero-order valence-corrected chi connectivity index (χ0v) is 17.4. The molecule has 0 unspecified atom stereocenters. The molecule has 2 N–H and O–H groups in total. The van der Waals surface area contributed by atoms with Crippen molar-refractivity contribution < 1.29 is 0 Å². The second-order valence-electron chi connectivity index (χ2n) is 6.92. The molecule has 3 aromatic rings. The first-order valence-corrected chi connectivity index (χ1v) is 9.52. The summed E-state index contributed by atoms with van der Waals surface area (Å²) in [7, 11) is 4.07. The van der Waals surface area contributed by atoms with E-state index in [9.17, 15) is 0 Å². The highest BCUT2D eigenvalue weighted by Gasteiger charge is 2.11. The SMILES string of the molecule is Cc1ccc(Cl)c(C)c1Nc1cc(-c2cccnc2)nc(NCCN(C)C)n1. The fourth-order valence-electron chi connectivity index (χ4n) is 2.79. The van der Waals surface area contributed by atoms with E-state index >= 15 is 0 Å². The van der Waals surface area contributed by atoms with Crippen molar-refractivity contribution in [3.63, 3.8) is 0 Å². The van der Waals surface area contributed by atoms with Gasteiger partial charge in [-0.15, -0.1) is 0 Å². The maximum atomic E-state index is 6.31. The van der Waals surface area contributed by atoms with Gasteiger partial charge in [0.05, 0.1) is 5.69 Å². The lowest BCUT2D eigenvalue weighted by Gasteiger charge is -2.16. The lowest BCUT2D eigenvalue weighted by Crippen LogP contribution is -2.21. The Balaban J connectivity index is 1.96. The number of benzene rings is 1. The molecule has 0 radical (unpaired) electrons. The standard InChI is InChI=1S/C21H25ClN6/c1-14-7-8-17(22)15(2)20(14)26-19-12-18(16-6-5-9-23-13-16)25-21(27-19)24-10-11-28(3)4/h5-9,12-13H,10-11H2,1-4H3,(H2,24,25,26,27). The van der Waals surface area contributed by atoms with Gasteiger partial charge in [-0.05, 0) is 57.3 Å². The van der Waals surface area contributed by atoms with E-state index in [0.717, 1.165) is 46.2 Å². The van der Waals surface area contributed by atoms with Crippen LogP contribution in [0.3, 0.4) is 0 Å². The van der Waals surface area contributed by atoms with Crippen LogP contribution in [0.5, 0.6) is 0 Å². The van der Waals surface area contributed by atoms with E-state index in [1.165, 1.54) is 0 Å². The predicted octanol–water partition coefficient (Wildman–Crippen LogP) is 4.53. The third-order valence-corrected chi connectivity index (χ3v) is 4.80. The Hall–Kier alpha value is -2.70. The zero-order valence-electron chi connectivity index (χ0n) is 16.6. The molecule has 0 saturated carbocycles. The van der Waals surface area contributed by atoms with Crippen LogP contribution in [-0.2, 0) is 0 Å². The molecular weight excluding hydrogens is 372 g/mol. The van der Waals surface area contributed by atoms with Crippen LogP contribution in [0.15, 0.2) is 42.7 Å². The van der Waals surface area contributed by atoms with Crippen molar-refractivity contribution in [1.29, 1.82) is 0 Å². The van der Waals surface area contributed by atoms with Crippen LogP contribution >= 0.6 is 11.6 Å². The molecule has 0 bridgehead atoms. The summed E-state index contributed by atoms with van der Waals surface area (Å²) >= 11 is 6.31. The summed E-state index contributed by atoms with van der Waals surface area (Å²) in [5.41, 5.74) is 4.79. The third kappa shape index (κ3) is 4.97. The molecule has 7 heteroatoms. The van der Waals surface area contributed by atoms with E-state index in [1.807, 2.05) is 58.3 Å². The molecule has 0 atom stereocenters. The number of aryl methyl sites for hydroxylation is 1. The molecule has 0 aliphatic heterocycles. The number of nitrogens with zero attached hydrogens (tertiary/aromatic N) is 4. The number of aromatic nitrogens is 3. The molecule has 2 aromatic heterocycles. The predicted molar refractivity (Wildman–Crippen MR) is 117 cm³/mol. The highest BCUT2D eigenvalue weighted by Crippen LogP contribution is 2.30. The molecule has 0 saturated heterocycles.